The Morgan fingerprint density at radius 3 is 3.18 bits per heavy atom. The van der Waals surface area contributed by atoms with Gasteiger partial charge in [0.2, 0.25) is 0 Å². The Morgan fingerprint density at radius 2 is 2.45 bits per heavy atom. The van der Waals surface area contributed by atoms with Crippen LogP contribution in [0.15, 0.2) is 0 Å². The lowest BCUT2D eigenvalue weighted by Crippen LogP contribution is -2.50. The van der Waals surface area contributed by atoms with E-state index in [1.54, 1.807) is 4.90 Å². The first-order valence-electron chi connectivity index (χ1n) is 4.06. The molecule has 0 aromatic carbocycles. The zero-order chi connectivity index (χ0) is 7.84. The average molecular weight is 155 g/mol. The predicted molar refractivity (Wildman–Crippen MR) is 41.1 cm³/mol. The molecular weight excluding hydrogens is 142 g/mol. The standard InChI is InChI=1S/C7H13N3O/c1-10-6-5(9-7(10)11)3-2-4-8-6/h5-6,8H,2-4H2,1H3,(H,9,11). The van der Waals surface area contributed by atoms with Crippen molar-refractivity contribution in [3.8, 4) is 0 Å². The van der Waals surface area contributed by atoms with E-state index in [-0.39, 0.29) is 12.2 Å². The van der Waals surface area contributed by atoms with Gasteiger partial charge in [0.25, 0.3) is 0 Å². The number of fused-ring (bicyclic) bond motifs is 1. The quantitative estimate of drug-likeness (QED) is 0.505. The number of nitrogens with one attached hydrogen (secondary N) is 2. The van der Waals surface area contributed by atoms with Crippen molar-refractivity contribution in [3.63, 3.8) is 0 Å². The summed E-state index contributed by atoms with van der Waals surface area (Å²) in [4.78, 5) is 12.9. The zero-order valence-electron chi connectivity index (χ0n) is 6.63. The van der Waals surface area contributed by atoms with Gasteiger partial charge in [0.05, 0.1) is 6.04 Å². The van der Waals surface area contributed by atoms with Crippen molar-refractivity contribution in [2.45, 2.75) is 25.0 Å². The molecule has 62 valence electrons. The maximum absolute atomic E-state index is 11.1. The number of likely N-dealkylation sites (N-methyl/N-ethyl adjacent to an activating group) is 1. The summed E-state index contributed by atoms with van der Waals surface area (Å²) in [6, 6.07) is 0.385. The highest BCUT2D eigenvalue weighted by Crippen LogP contribution is 2.16. The Kier molecular flexibility index (Phi) is 1.49. The number of amides is 2. The summed E-state index contributed by atoms with van der Waals surface area (Å²) in [5, 5.41) is 6.23. The maximum Gasteiger partial charge on any atom is 0.318 e. The molecule has 4 heteroatoms. The summed E-state index contributed by atoms with van der Waals surface area (Å²) in [5.74, 6) is 0. The van der Waals surface area contributed by atoms with Crippen molar-refractivity contribution >= 4 is 6.03 Å². The van der Waals surface area contributed by atoms with E-state index in [1.807, 2.05) is 7.05 Å². The highest BCUT2D eigenvalue weighted by atomic mass is 16.2. The number of nitrogens with zero attached hydrogens (tertiary/aromatic N) is 1. The molecule has 0 spiro atoms. The zero-order valence-corrected chi connectivity index (χ0v) is 6.63. The van der Waals surface area contributed by atoms with Crippen LogP contribution in [0.4, 0.5) is 4.79 Å². The van der Waals surface area contributed by atoms with Crippen LogP contribution >= 0.6 is 0 Å². The van der Waals surface area contributed by atoms with Crippen LogP contribution in [0.1, 0.15) is 12.8 Å². The lowest BCUT2D eigenvalue weighted by Gasteiger charge is -2.28. The lowest BCUT2D eigenvalue weighted by atomic mass is 10.1. The van der Waals surface area contributed by atoms with E-state index in [4.69, 9.17) is 0 Å². The molecule has 2 rings (SSSR count). The van der Waals surface area contributed by atoms with Gasteiger partial charge < -0.3 is 10.2 Å². The molecule has 2 aliphatic heterocycles. The van der Waals surface area contributed by atoms with E-state index in [0.29, 0.717) is 6.04 Å². The summed E-state index contributed by atoms with van der Waals surface area (Å²) in [5.41, 5.74) is 0. The normalized spacial score (nSPS) is 36.8. The average Bonchev–Trinajstić information content (AvgIpc) is 2.30. The molecule has 0 aliphatic carbocycles. The van der Waals surface area contributed by atoms with Gasteiger partial charge in [-0.2, -0.15) is 0 Å². The van der Waals surface area contributed by atoms with Crippen molar-refractivity contribution < 1.29 is 4.79 Å². The molecule has 2 saturated heterocycles. The number of piperidine rings is 1. The van der Waals surface area contributed by atoms with E-state index in [0.717, 1.165) is 19.4 Å². The van der Waals surface area contributed by atoms with E-state index in [2.05, 4.69) is 10.6 Å². The lowest BCUT2D eigenvalue weighted by molar-refractivity contribution is 0.199. The third-order valence-electron chi connectivity index (χ3n) is 2.47. The number of carbonyl (C=O) groups is 1. The highest BCUT2D eigenvalue weighted by Gasteiger charge is 2.37. The molecule has 0 aromatic rings. The summed E-state index contributed by atoms with van der Waals surface area (Å²) < 4.78 is 0. The van der Waals surface area contributed by atoms with Crippen molar-refractivity contribution in [2.24, 2.45) is 0 Å². The fraction of sp³-hybridized carbons (Fsp3) is 0.857. The van der Waals surface area contributed by atoms with Crippen LogP contribution in [0, 0.1) is 0 Å². The fourth-order valence-electron chi connectivity index (χ4n) is 1.82. The van der Waals surface area contributed by atoms with Gasteiger partial charge in [0.1, 0.15) is 6.17 Å². The summed E-state index contributed by atoms with van der Waals surface area (Å²) in [7, 11) is 1.83. The Morgan fingerprint density at radius 1 is 1.64 bits per heavy atom. The topological polar surface area (TPSA) is 44.4 Å². The number of hydrogen-bond donors (Lipinski definition) is 2. The molecule has 2 unspecified atom stereocenters. The van der Waals surface area contributed by atoms with Crippen molar-refractivity contribution in [1.29, 1.82) is 0 Å². The first kappa shape index (κ1) is 6.91. The van der Waals surface area contributed by atoms with Gasteiger partial charge in [-0.05, 0) is 19.4 Å². The van der Waals surface area contributed by atoms with Crippen LogP contribution < -0.4 is 10.6 Å². The second-order valence-corrected chi connectivity index (χ2v) is 3.21. The third kappa shape index (κ3) is 0.976. The molecule has 2 amide bonds. The molecule has 0 radical (unpaired) electrons. The van der Waals surface area contributed by atoms with Crippen LogP contribution in [-0.4, -0.2) is 36.7 Å². The maximum atomic E-state index is 11.1. The minimum atomic E-state index is 0.0504. The molecule has 4 nitrogen and oxygen atoms in total. The van der Waals surface area contributed by atoms with E-state index < -0.39 is 0 Å². The largest absolute Gasteiger partial charge is 0.332 e. The Bertz CT molecular complexity index is 183. The van der Waals surface area contributed by atoms with Crippen molar-refractivity contribution in [1.82, 2.24) is 15.5 Å². The Labute approximate surface area is 65.9 Å². The fourth-order valence-corrected chi connectivity index (χ4v) is 1.82. The Hall–Kier alpha value is -0.770. The van der Waals surface area contributed by atoms with Crippen molar-refractivity contribution in [2.75, 3.05) is 13.6 Å². The minimum absolute atomic E-state index is 0.0504. The summed E-state index contributed by atoms with van der Waals surface area (Å²) in [6.45, 7) is 1.03. The first-order chi connectivity index (χ1) is 5.29. The van der Waals surface area contributed by atoms with Crippen LogP contribution in [0.25, 0.3) is 0 Å². The minimum Gasteiger partial charge on any atom is -0.332 e. The number of urea groups is 1. The van der Waals surface area contributed by atoms with Gasteiger partial charge in [-0.25, -0.2) is 4.79 Å². The van der Waals surface area contributed by atoms with Gasteiger partial charge in [-0.15, -0.1) is 0 Å². The van der Waals surface area contributed by atoms with Gasteiger partial charge >= 0.3 is 6.03 Å². The number of rotatable bonds is 0. The highest BCUT2D eigenvalue weighted by molar-refractivity contribution is 5.77. The number of hydrogen-bond acceptors (Lipinski definition) is 2. The van der Waals surface area contributed by atoms with Gasteiger partial charge in [0, 0.05) is 7.05 Å². The second-order valence-electron chi connectivity index (χ2n) is 3.21. The molecule has 2 atom stereocenters. The van der Waals surface area contributed by atoms with Crippen molar-refractivity contribution in [3.05, 3.63) is 0 Å². The predicted octanol–water partition coefficient (Wildman–Crippen LogP) is -0.281. The summed E-state index contributed by atoms with van der Waals surface area (Å²) in [6.07, 6.45) is 2.50. The molecule has 0 saturated carbocycles. The van der Waals surface area contributed by atoms with Crippen LogP contribution in [0.2, 0.25) is 0 Å². The van der Waals surface area contributed by atoms with Crippen LogP contribution in [-0.2, 0) is 0 Å². The molecule has 11 heavy (non-hydrogen) atoms. The van der Waals surface area contributed by atoms with Gasteiger partial charge in [-0.3, -0.25) is 5.32 Å². The monoisotopic (exact) mass is 155 g/mol. The molecule has 2 heterocycles. The van der Waals surface area contributed by atoms with Crippen LogP contribution in [0.5, 0.6) is 0 Å². The Balaban J connectivity index is 2.11. The van der Waals surface area contributed by atoms with E-state index >= 15 is 0 Å². The van der Waals surface area contributed by atoms with E-state index in [1.165, 1.54) is 0 Å². The third-order valence-corrected chi connectivity index (χ3v) is 2.47. The molecule has 2 aliphatic rings. The van der Waals surface area contributed by atoms with E-state index in [9.17, 15) is 4.79 Å². The molecular formula is C7H13N3O. The number of carbonyl (C=O) groups excluding carboxylic acids is 1. The second kappa shape index (κ2) is 2.37. The molecule has 2 N–H and O–H groups in total. The smallest absolute Gasteiger partial charge is 0.318 e. The molecule has 0 bridgehead atoms. The molecule has 0 aromatic heterocycles. The van der Waals surface area contributed by atoms with Crippen LogP contribution in [0.3, 0.4) is 0 Å². The SMILES string of the molecule is CN1C(=O)NC2CCCNC21. The molecule has 2 fully saturated rings. The van der Waals surface area contributed by atoms with Gasteiger partial charge in [0.15, 0.2) is 0 Å². The first-order valence-corrected chi connectivity index (χ1v) is 4.06. The summed E-state index contributed by atoms with van der Waals surface area (Å²) >= 11 is 0. The van der Waals surface area contributed by atoms with Gasteiger partial charge in [-0.1, -0.05) is 0 Å².